The third-order valence-corrected chi connectivity index (χ3v) is 3.55. The van der Waals surface area contributed by atoms with Crippen molar-refractivity contribution in [3.05, 3.63) is 17.4 Å². The number of carbonyl (C=O) groups is 1. The molecular weight excluding hydrogens is 252 g/mol. The largest absolute Gasteiger partial charge is 0.325 e. The molecule has 1 fully saturated rings. The number of anilines is 2. The molecule has 0 aliphatic heterocycles. The molecule has 0 radical (unpaired) electrons. The predicted octanol–water partition coefficient (Wildman–Crippen LogP) is 1.79. The molecule has 8 heteroatoms. The fraction of sp³-hybridized carbons (Fsp3) is 0.400. The molecule has 2 N–H and O–H groups in total. The Balaban J connectivity index is 1.59. The van der Waals surface area contributed by atoms with E-state index in [1.54, 1.807) is 24.1 Å². The third-order valence-electron chi connectivity index (χ3n) is 2.55. The Kier molecular flexibility index (Phi) is 2.71. The molecule has 3 rings (SSSR count). The molecular formula is C10H12N6OS. The van der Waals surface area contributed by atoms with E-state index in [9.17, 15) is 4.79 Å². The van der Waals surface area contributed by atoms with Gasteiger partial charge in [0.15, 0.2) is 0 Å². The SMILES string of the molecule is Cn1cc(NC(=O)Nc2nnc(C3CC3)s2)cn1. The number of hydrogen-bond donors (Lipinski definition) is 2. The molecule has 2 amide bonds. The van der Waals surface area contributed by atoms with Crippen molar-refractivity contribution < 1.29 is 4.79 Å². The summed E-state index contributed by atoms with van der Waals surface area (Å²) in [5, 5.41) is 18.8. The van der Waals surface area contributed by atoms with Gasteiger partial charge in [-0.3, -0.25) is 10.00 Å². The zero-order valence-electron chi connectivity index (χ0n) is 9.75. The normalized spacial score (nSPS) is 14.5. The maximum Gasteiger partial charge on any atom is 0.325 e. The Labute approximate surface area is 107 Å². The number of rotatable bonds is 3. The summed E-state index contributed by atoms with van der Waals surface area (Å²) in [4.78, 5) is 11.7. The molecule has 1 aliphatic carbocycles. The van der Waals surface area contributed by atoms with Crippen LogP contribution in [0.5, 0.6) is 0 Å². The average Bonchev–Trinajstić information content (AvgIpc) is 2.95. The van der Waals surface area contributed by atoms with Crippen LogP contribution in [0.1, 0.15) is 23.8 Å². The quantitative estimate of drug-likeness (QED) is 0.885. The van der Waals surface area contributed by atoms with Crippen molar-refractivity contribution in [3.63, 3.8) is 0 Å². The highest BCUT2D eigenvalue weighted by atomic mass is 32.1. The van der Waals surface area contributed by atoms with Gasteiger partial charge in [0.1, 0.15) is 5.01 Å². The molecule has 0 atom stereocenters. The van der Waals surface area contributed by atoms with Gasteiger partial charge in [0.05, 0.1) is 11.9 Å². The first kappa shape index (κ1) is 11.1. The van der Waals surface area contributed by atoms with Gasteiger partial charge < -0.3 is 5.32 Å². The van der Waals surface area contributed by atoms with Gasteiger partial charge in [0.2, 0.25) is 5.13 Å². The van der Waals surface area contributed by atoms with Crippen molar-refractivity contribution in [2.24, 2.45) is 7.05 Å². The zero-order chi connectivity index (χ0) is 12.5. The van der Waals surface area contributed by atoms with E-state index in [4.69, 9.17) is 0 Å². The first-order valence-corrected chi connectivity index (χ1v) is 6.42. The van der Waals surface area contributed by atoms with Crippen LogP contribution in [0, 0.1) is 0 Å². The number of nitrogens with one attached hydrogen (secondary N) is 2. The summed E-state index contributed by atoms with van der Waals surface area (Å²) in [7, 11) is 1.79. The highest BCUT2D eigenvalue weighted by molar-refractivity contribution is 7.15. The fourth-order valence-electron chi connectivity index (χ4n) is 1.53. The molecule has 0 saturated heterocycles. The third kappa shape index (κ3) is 2.48. The van der Waals surface area contributed by atoms with Crippen LogP contribution in [0.25, 0.3) is 0 Å². The van der Waals surface area contributed by atoms with Gasteiger partial charge in [-0.05, 0) is 12.8 Å². The summed E-state index contributed by atoms with van der Waals surface area (Å²) in [6, 6.07) is -0.332. The molecule has 2 heterocycles. The topological polar surface area (TPSA) is 84.7 Å². The van der Waals surface area contributed by atoms with Crippen LogP contribution in [0.3, 0.4) is 0 Å². The van der Waals surface area contributed by atoms with Crippen molar-refractivity contribution in [3.8, 4) is 0 Å². The predicted molar refractivity (Wildman–Crippen MR) is 67.7 cm³/mol. The van der Waals surface area contributed by atoms with Crippen LogP contribution in [0.15, 0.2) is 12.4 Å². The van der Waals surface area contributed by atoms with E-state index in [1.807, 2.05) is 0 Å². The number of carbonyl (C=O) groups excluding carboxylic acids is 1. The summed E-state index contributed by atoms with van der Waals surface area (Å²) in [5.41, 5.74) is 0.641. The monoisotopic (exact) mass is 264 g/mol. The molecule has 2 aromatic heterocycles. The maximum absolute atomic E-state index is 11.7. The van der Waals surface area contributed by atoms with E-state index in [0.717, 1.165) is 5.01 Å². The smallest absolute Gasteiger partial charge is 0.305 e. The lowest BCUT2D eigenvalue weighted by Gasteiger charge is -2.00. The summed E-state index contributed by atoms with van der Waals surface area (Å²) < 4.78 is 1.62. The van der Waals surface area contributed by atoms with E-state index in [1.165, 1.54) is 24.2 Å². The Bertz CT molecular complexity index is 572. The zero-order valence-corrected chi connectivity index (χ0v) is 10.6. The van der Waals surface area contributed by atoms with Crippen molar-refractivity contribution in [1.29, 1.82) is 0 Å². The molecule has 0 aromatic carbocycles. The minimum atomic E-state index is -0.332. The molecule has 2 aromatic rings. The molecule has 1 saturated carbocycles. The lowest BCUT2D eigenvalue weighted by atomic mass is 10.5. The van der Waals surface area contributed by atoms with Crippen molar-refractivity contribution >= 4 is 28.2 Å². The van der Waals surface area contributed by atoms with Gasteiger partial charge >= 0.3 is 6.03 Å². The molecule has 94 valence electrons. The van der Waals surface area contributed by atoms with E-state index < -0.39 is 0 Å². The van der Waals surface area contributed by atoms with Gasteiger partial charge in [-0.25, -0.2) is 4.79 Å². The van der Waals surface area contributed by atoms with Crippen LogP contribution in [-0.4, -0.2) is 26.0 Å². The van der Waals surface area contributed by atoms with Crippen molar-refractivity contribution in [1.82, 2.24) is 20.0 Å². The number of aromatic nitrogens is 4. The fourth-order valence-corrected chi connectivity index (χ4v) is 2.43. The van der Waals surface area contributed by atoms with E-state index in [-0.39, 0.29) is 6.03 Å². The van der Waals surface area contributed by atoms with Gasteiger partial charge in [-0.1, -0.05) is 11.3 Å². The minimum Gasteiger partial charge on any atom is -0.305 e. The molecule has 18 heavy (non-hydrogen) atoms. The number of hydrogen-bond acceptors (Lipinski definition) is 5. The van der Waals surface area contributed by atoms with Gasteiger partial charge in [-0.2, -0.15) is 5.10 Å². The Morgan fingerprint density at radius 2 is 2.28 bits per heavy atom. The highest BCUT2D eigenvalue weighted by Gasteiger charge is 2.27. The molecule has 7 nitrogen and oxygen atoms in total. The highest BCUT2D eigenvalue weighted by Crippen LogP contribution is 2.41. The van der Waals surface area contributed by atoms with Crippen LogP contribution >= 0.6 is 11.3 Å². The first-order chi connectivity index (χ1) is 8.70. The van der Waals surface area contributed by atoms with E-state index >= 15 is 0 Å². The lowest BCUT2D eigenvalue weighted by Crippen LogP contribution is -2.18. The second-order valence-electron chi connectivity index (χ2n) is 4.20. The minimum absolute atomic E-state index is 0.332. The molecule has 1 aliphatic rings. The van der Waals surface area contributed by atoms with E-state index in [2.05, 4.69) is 25.9 Å². The number of nitrogens with zero attached hydrogens (tertiary/aromatic N) is 4. The second-order valence-corrected chi connectivity index (χ2v) is 5.21. The van der Waals surface area contributed by atoms with Gasteiger partial charge in [0.25, 0.3) is 0 Å². The summed E-state index contributed by atoms with van der Waals surface area (Å²) in [6.45, 7) is 0. The van der Waals surface area contributed by atoms with Crippen LogP contribution < -0.4 is 10.6 Å². The van der Waals surface area contributed by atoms with Crippen molar-refractivity contribution in [2.45, 2.75) is 18.8 Å². The second kappa shape index (κ2) is 4.37. The van der Waals surface area contributed by atoms with Gasteiger partial charge in [-0.15, -0.1) is 10.2 Å². The van der Waals surface area contributed by atoms with Crippen LogP contribution in [-0.2, 0) is 7.05 Å². The number of aryl methyl sites for hydroxylation is 1. The summed E-state index contributed by atoms with van der Waals surface area (Å²) in [5.74, 6) is 0.555. The Hall–Kier alpha value is -1.96. The number of urea groups is 1. The summed E-state index contributed by atoms with van der Waals surface area (Å²) >= 11 is 1.43. The standard InChI is InChI=1S/C10H12N6OS/c1-16-5-7(4-11-16)12-9(17)13-10-15-14-8(18-10)6-2-3-6/h4-6H,2-3H2,1H3,(H2,12,13,15,17). The first-order valence-electron chi connectivity index (χ1n) is 5.61. The molecule has 0 spiro atoms. The number of amides is 2. The molecule has 0 unspecified atom stereocenters. The maximum atomic E-state index is 11.7. The van der Waals surface area contributed by atoms with Gasteiger partial charge in [0, 0.05) is 19.2 Å². The van der Waals surface area contributed by atoms with Crippen LogP contribution in [0.2, 0.25) is 0 Å². The average molecular weight is 264 g/mol. The Morgan fingerprint density at radius 1 is 1.44 bits per heavy atom. The van der Waals surface area contributed by atoms with Crippen LogP contribution in [0.4, 0.5) is 15.6 Å². The van der Waals surface area contributed by atoms with Crippen molar-refractivity contribution in [2.75, 3.05) is 10.6 Å². The lowest BCUT2D eigenvalue weighted by molar-refractivity contribution is 0.262. The van der Waals surface area contributed by atoms with E-state index in [0.29, 0.717) is 16.7 Å². The molecule has 0 bridgehead atoms. The Morgan fingerprint density at radius 3 is 2.94 bits per heavy atom. The summed E-state index contributed by atoms with van der Waals surface area (Å²) in [6.07, 6.45) is 5.65.